The predicted molar refractivity (Wildman–Crippen MR) is 279 cm³/mol. The summed E-state index contributed by atoms with van der Waals surface area (Å²) in [6.45, 7) is 23.4. The fourth-order valence-electron chi connectivity index (χ4n) is 7.02. The maximum Gasteiger partial charge on any atom is 0.293 e. The van der Waals surface area contributed by atoms with Crippen molar-refractivity contribution in [1.29, 1.82) is 0 Å². The van der Waals surface area contributed by atoms with Crippen LogP contribution < -0.4 is 11.1 Å². The van der Waals surface area contributed by atoms with E-state index in [9.17, 15) is 9.59 Å². The Morgan fingerprint density at radius 1 is 0.562 bits per heavy atom. The zero-order valence-corrected chi connectivity index (χ0v) is 44.3. The quantitative estimate of drug-likeness (QED) is 0.0235. The minimum atomic E-state index is -0.116. The molecule has 0 rings (SSSR count). The number of rotatable bonds is 44. The van der Waals surface area contributed by atoms with E-state index in [1.165, 1.54) is 212 Å². The van der Waals surface area contributed by atoms with Crippen LogP contribution in [0.4, 0.5) is 0 Å². The summed E-state index contributed by atoms with van der Waals surface area (Å²) in [5.74, 6) is 0.554. The zero-order chi connectivity index (χ0) is 48.8. The lowest BCUT2D eigenvalue weighted by molar-refractivity contribution is -0.134. The Bertz CT molecular complexity index is 819. The molecule has 0 aromatic carbocycles. The number of hydrogen-bond donors (Lipinski definition) is 3. The zero-order valence-electron chi connectivity index (χ0n) is 44.3. The van der Waals surface area contributed by atoms with E-state index in [0.29, 0.717) is 25.5 Å². The van der Waals surface area contributed by atoms with E-state index < -0.39 is 0 Å². The smallest absolute Gasteiger partial charge is 0.293 e. The van der Waals surface area contributed by atoms with E-state index >= 15 is 0 Å². The molecule has 0 fully saturated rings. The number of nitrogens with zero attached hydrogens (tertiary/aromatic N) is 2. The summed E-state index contributed by atoms with van der Waals surface area (Å²) < 4.78 is 9.80. The molecule has 0 saturated heterocycles. The number of ether oxygens (including phenoxy) is 2. The first-order valence-electron chi connectivity index (χ1n) is 27.1. The molecule has 1 atom stereocenters. The number of aliphatic hydroxyl groups is 1. The van der Waals surface area contributed by atoms with E-state index in [4.69, 9.17) is 20.4 Å². The number of unbranched alkanes of at least 4 members (excludes halogenated alkanes) is 26. The predicted octanol–water partition coefficient (Wildman–Crippen LogP) is 14.5. The molecule has 4 N–H and O–H groups in total. The van der Waals surface area contributed by atoms with Crippen LogP contribution in [0.15, 0.2) is 4.99 Å². The molecule has 64 heavy (non-hydrogen) atoms. The van der Waals surface area contributed by atoms with Crippen LogP contribution in [-0.4, -0.2) is 87.7 Å². The second-order valence-corrected chi connectivity index (χ2v) is 17.6. The van der Waals surface area contributed by atoms with Gasteiger partial charge < -0.3 is 35.3 Å². The van der Waals surface area contributed by atoms with Crippen molar-refractivity contribution >= 4 is 25.7 Å². The molecule has 0 aliphatic rings. The van der Waals surface area contributed by atoms with Crippen LogP contribution in [0, 0.1) is 0 Å². The molecule has 0 saturated carbocycles. The Hall–Kier alpha value is -2.20. The maximum absolute atomic E-state index is 10.5. The van der Waals surface area contributed by atoms with E-state index in [1.807, 2.05) is 13.7 Å². The lowest BCUT2D eigenvalue weighted by Gasteiger charge is -2.22. The summed E-state index contributed by atoms with van der Waals surface area (Å²) in [5.41, 5.74) is 5.69. The lowest BCUT2D eigenvalue weighted by Crippen LogP contribution is -2.35. The number of nitrogens with one attached hydrogen (secondary N) is 1. The average molecular weight is 916 g/mol. The number of carbonyl (C=O) groups is 3. The second-order valence-electron chi connectivity index (χ2n) is 17.6. The Morgan fingerprint density at radius 2 is 0.891 bits per heavy atom. The van der Waals surface area contributed by atoms with E-state index in [1.54, 1.807) is 14.0 Å². The van der Waals surface area contributed by atoms with Gasteiger partial charge in [0.15, 0.2) is 5.96 Å². The van der Waals surface area contributed by atoms with Gasteiger partial charge in [0.25, 0.3) is 12.9 Å². The van der Waals surface area contributed by atoms with Crippen LogP contribution in [0.1, 0.15) is 273 Å². The topological polar surface area (TPSA) is 144 Å². The van der Waals surface area contributed by atoms with Gasteiger partial charge in [-0.15, -0.1) is 0 Å². The van der Waals surface area contributed by atoms with Crippen molar-refractivity contribution in [2.45, 2.75) is 285 Å². The Labute approximate surface area is 399 Å². The largest absolute Gasteiger partial charge is 0.468 e. The summed E-state index contributed by atoms with van der Waals surface area (Å²) in [5, 5.41) is 11.5. The molecular weight excluding hydrogens is 801 g/mol. The van der Waals surface area contributed by atoms with Crippen LogP contribution in [-0.2, 0) is 23.9 Å². The number of guanidine groups is 1. The van der Waals surface area contributed by atoms with Gasteiger partial charge in [-0.05, 0) is 84.3 Å². The monoisotopic (exact) mass is 915 g/mol. The molecule has 0 aromatic rings. The lowest BCUT2D eigenvalue weighted by atomic mass is 10.0. The SMILES string of the molecule is C=O.CCC(C)O.CCCCCCCCC(CCCCCCCC)OC=O.CCCCCCCCCOC=O.CCCCCCCCN(CCCCCCCC)CCCNC(N)=NC. The van der Waals surface area contributed by atoms with Gasteiger partial charge in [-0.25, -0.2) is 0 Å². The average Bonchev–Trinajstić information content (AvgIpc) is 3.31. The fraction of sp³-hybridized carbons (Fsp3) is 0.926. The highest BCUT2D eigenvalue weighted by Crippen LogP contribution is 2.16. The van der Waals surface area contributed by atoms with Crippen molar-refractivity contribution in [2.75, 3.05) is 39.8 Å². The third kappa shape index (κ3) is 74.2. The number of hydrogen-bond acceptors (Lipinski definition) is 8. The molecule has 10 nitrogen and oxygen atoms in total. The highest BCUT2D eigenvalue weighted by molar-refractivity contribution is 5.77. The molecular formula is C54H114N4O6. The highest BCUT2D eigenvalue weighted by atomic mass is 16.5. The number of nitrogens with two attached hydrogens (primary N) is 1. The standard InChI is InChI=1S/C21H46N4.C18H36O2.C10H20O2.C4H10O.CH2O/c1-4-6-8-10-12-14-18-25(19-15-13-11-9-7-5-2)20-16-17-24-21(22)23-3;1-3-5-7-9-11-13-15-18(20-17-19)16-14-12-10-8-6-4-2;1-2-3-4-5-6-7-8-9-12-10-11;1-3-4(2)5;1-2/h4-20H2,1-3H3,(H3,22,23,24);17-18H,3-16H2,1-2H3;10H,2-9H2,1H3;4-5H,3H2,1-2H3;1H2. The fourth-order valence-corrected chi connectivity index (χ4v) is 7.02. The van der Waals surface area contributed by atoms with Crippen LogP contribution in [0.25, 0.3) is 0 Å². The molecule has 0 spiro atoms. The van der Waals surface area contributed by atoms with E-state index in [0.717, 1.165) is 38.6 Å². The number of aliphatic hydroxyl groups excluding tert-OH is 1. The molecule has 0 aliphatic carbocycles. The first-order valence-corrected chi connectivity index (χ1v) is 27.1. The van der Waals surface area contributed by atoms with Gasteiger partial charge in [-0.3, -0.25) is 14.6 Å². The summed E-state index contributed by atoms with van der Waals surface area (Å²) in [4.78, 5) is 34.9. The third-order valence-electron chi connectivity index (χ3n) is 11.4. The Kier molecular flexibility index (Phi) is 77.3. The van der Waals surface area contributed by atoms with Crippen molar-refractivity contribution in [2.24, 2.45) is 10.7 Å². The normalized spacial score (nSPS) is 11.2. The Balaban J connectivity index is -0.000000264. The molecule has 0 radical (unpaired) electrons. The Morgan fingerprint density at radius 3 is 1.22 bits per heavy atom. The van der Waals surface area contributed by atoms with Crippen LogP contribution in [0.3, 0.4) is 0 Å². The summed E-state index contributed by atoms with van der Waals surface area (Å²) in [7, 11) is 1.73. The van der Waals surface area contributed by atoms with Crippen molar-refractivity contribution in [1.82, 2.24) is 10.2 Å². The van der Waals surface area contributed by atoms with Crippen LogP contribution in [0.5, 0.6) is 0 Å². The molecule has 0 amide bonds. The van der Waals surface area contributed by atoms with Gasteiger partial charge in [-0.2, -0.15) is 0 Å². The maximum atomic E-state index is 10.5. The van der Waals surface area contributed by atoms with Gasteiger partial charge >= 0.3 is 0 Å². The summed E-state index contributed by atoms with van der Waals surface area (Å²) >= 11 is 0. The first kappa shape index (κ1) is 70.8. The first-order chi connectivity index (χ1) is 31.3. The third-order valence-corrected chi connectivity index (χ3v) is 11.4. The highest BCUT2D eigenvalue weighted by Gasteiger charge is 2.09. The van der Waals surface area contributed by atoms with Gasteiger partial charge in [-0.1, -0.05) is 208 Å². The molecule has 386 valence electrons. The van der Waals surface area contributed by atoms with Gasteiger partial charge in [0, 0.05) is 13.6 Å². The molecule has 0 heterocycles. The number of aliphatic imine (C=N–C) groups is 1. The second kappa shape index (κ2) is 69.8. The van der Waals surface area contributed by atoms with Gasteiger partial charge in [0.1, 0.15) is 12.9 Å². The molecule has 1 unspecified atom stereocenters. The summed E-state index contributed by atoms with van der Waals surface area (Å²) in [6.07, 6.45) is 45.2. The molecule has 0 bridgehead atoms. The van der Waals surface area contributed by atoms with Crippen molar-refractivity contribution in [3.05, 3.63) is 0 Å². The van der Waals surface area contributed by atoms with Crippen LogP contribution in [0.2, 0.25) is 0 Å². The van der Waals surface area contributed by atoms with E-state index in [2.05, 4.69) is 54.6 Å². The minimum absolute atomic E-state index is 0.116. The van der Waals surface area contributed by atoms with E-state index in [-0.39, 0.29) is 12.2 Å². The minimum Gasteiger partial charge on any atom is -0.468 e. The molecule has 0 aliphatic heterocycles. The summed E-state index contributed by atoms with van der Waals surface area (Å²) in [6, 6.07) is 0. The molecule has 0 aromatic heterocycles. The van der Waals surface area contributed by atoms with Crippen LogP contribution >= 0.6 is 0 Å². The van der Waals surface area contributed by atoms with Crippen molar-refractivity contribution < 1.29 is 29.0 Å². The van der Waals surface area contributed by atoms with Crippen molar-refractivity contribution in [3.8, 4) is 0 Å². The van der Waals surface area contributed by atoms with Gasteiger partial charge in [0.05, 0.1) is 12.7 Å². The number of carbonyl (C=O) groups excluding carboxylic acids is 3. The molecule has 10 heteroatoms. The van der Waals surface area contributed by atoms with Crippen molar-refractivity contribution in [3.63, 3.8) is 0 Å². The van der Waals surface area contributed by atoms with Gasteiger partial charge in [0.2, 0.25) is 0 Å².